The Bertz CT molecular complexity index is 807. The number of alkyl halides is 3. The number of hydrogen-bond donors (Lipinski definition) is 1. The third kappa shape index (κ3) is 3.69. The molecule has 6 nitrogen and oxygen atoms in total. The minimum atomic E-state index is -5.00. The van der Waals surface area contributed by atoms with E-state index >= 15 is 0 Å². The van der Waals surface area contributed by atoms with E-state index in [4.69, 9.17) is 0 Å². The number of amides is 1. The lowest BCUT2D eigenvalue weighted by molar-refractivity contribution is -0.250. The van der Waals surface area contributed by atoms with Crippen LogP contribution in [-0.2, 0) is 4.79 Å². The summed E-state index contributed by atoms with van der Waals surface area (Å²) in [6, 6.07) is 5.63. The van der Waals surface area contributed by atoms with Gasteiger partial charge in [0.15, 0.2) is 5.82 Å². The summed E-state index contributed by atoms with van der Waals surface area (Å²) in [6.45, 7) is 2.72. The van der Waals surface area contributed by atoms with Gasteiger partial charge in [-0.05, 0) is 44.4 Å². The van der Waals surface area contributed by atoms with Crippen molar-refractivity contribution >= 4 is 5.91 Å². The van der Waals surface area contributed by atoms with E-state index in [1.54, 1.807) is 17.1 Å². The van der Waals surface area contributed by atoms with Crippen LogP contribution in [0.2, 0.25) is 0 Å². The Kier molecular flexibility index (Phi) is 4.98. The highest BCUT2D eigenvalue weighted by molar-refractivity contribution is 5.85. The first kappa shape index (κ1) is 19.3. The normalized spacial score (nSPS) is 18.4. The molecule has 146 valence electrons. The van der Waals surface area contributed by atoms with Gasteiger partial charge in [-0.3, -0.25) is 4.79 Å². The maximum atomic E-state index is 12.9. The molecule has 1 N–H and O–H groups in total. The van der Waals surface area contributed by atoms with E-state index < -0.39 is 17.7 Å². The molecular formula is C18H21F3N4O2. The number of rotatable bonds is 3. The third-order valence-electron chi connectivity index (χ3n) is 4.95. The fourth-order valence-corrected chi connectivity index (χ4v) is 3.21. The summed E-state index contributed by atoms with van der Waals surface area (Å²) in [6.07, 6.45) is -0.644. The second kappa shape index (κ2) is 6.95. The van der Waals surface area contributed by atoms with Crippen LogP contribution in [0, 0.1) is 6.92 Å². The van der Waals surface area contributed by atoms with Crippen molar-refractivity contribution in [3.8, 4) is 5.82 Å². The summed E-state index contributed by atoms with van der Waals surface area (Å²) in [5.74, 6) is -0.600. The van der Waals surface area contributed by atoms with E-state index in [9.17, 15) is 23.1 Å². The number of nitrogens with zero attached hydrogens (tertiary/aromatic N) is 4. The number of likely N-dealkylation sites (tertiary alicyclic amines) is 1. The van der Waals surface area contributed by atoms with E-state index in [2.05, 4.69) is 10.1 Å². The van der Waals surface area contributed by atoms with E-state index in [0.29, 0.717) is 25.6 Å². The smallest absolute Gasteiger partial charge is 0.373 e. The molecule has 0 radical (unpaired) electrons. The first-order chi connectivity index (χ1) is 12.6. The van der Waals surface area contributed by atoms with Gasteiger partial charge in [0.1, 0.15) is 0 Å². The Balaban J connectivity index is 1.71. The van der Waals surface area contributed by atoms with Gasteiger partial charge in [-0.2, -0.15) is 18.3 Å². The monoisotopic (exact) mass is 382 g/mol. The number of aryl methyl sites for hydroxylation is 1. The second-order valence-electron chi connectivity index (χ2n) is 7.00. The summed E-state index contributed by atoms with van der Waals surface area (Å²) in [4.78, 5) is 17.5. The van der Waals surface area contributed by atoms with Gasteiger partial charge in [0.05, 0.1) is 0 Å². The molecule has 0 aromatic carbocycles. The van der Waals surface area contributed by atoms with E-state index in [1.165, 1.54) is 0 Å². The van der Waals surface area contributed by atoms with Crippen LogP contribution in [-0.4, -0.2) is 55.5 Å². The summed E-state index contributed by atoms with van der Waals surface area (Å²) >= 11 is 0. The number of hydrogen-bond acceptors (Lipinski definition) is 4. The van der Waals surface area contributed by atoms with Crippen molar-refractivity contribution in [2.24, 2.45) is 0 Å². The van der Waals surface area contributed by atoms with Crippen LogP contribution >= 0.6 is 0 Å². The van der Waals surface area contributed by atoms with Gasteiger partial charge in [-0.25, -0.2) is 9.67 Å². The van der Waals surface area contributed by atoms with Crippen molar-refractivity contribution in [1.82, 2.24) is 19.7 Å². The molecule has 0 bridgehead atoms. The standard InChI is InChI=1S/C18H21F3N4O2/c1-12-3-4-15(22-11-12)25-14(5-8-23-25)13-6-9-24(10-7-13)16(26)17(2,27)18(19,20)21/h3-5,8,11,13,27H,6-7,9-10H2,1-2H3/t17-/m1/s1. The quantitative estimate of drug-likeness (QED) is 0.886. The zero-order chi connectivity index (χ0) is 19.8. The fraction of sp³-hybridized carbons (Fsp3) is 0.500. The first-order valence-corrected chi connectivity index (χ1v) is 8.66. The van der Waals surface area contributed by atoms with Gasteiger partial charge < -0.3 is 10.0 Å². The molecule has 2 aromatic rings. The minimum absolute atomic E-state index is 0.0375. The molecule has 1 fully saturated rings. The maximum Gasteiger partial charge on any atom is 0.426 e. The van der Waals surface area contributed by atoms with Crippen molar-refractivity contribution in [1.29, 1.82) is 0 Å². The Hall–Kier alpha value is -2.42. The first-order valence-electron chi connectivity index (χ1n) is 8.66. The van der Waals surface area contributed by atoms with Gasteiger partial charge in [-0.1, -0.05) is 6.07 Å². The number of piperidine rings is 1. The molecule has 3 rings (SSSR count). The molecule has 1 atom stereocenters. The van der Waals surface area contributed by atoms with Crippen LogP contribution in [0.15, 0.2) is 30.6 Å². The van der Waals surface area contributed by atoms with Crippen molar-refractivity contribution in [2.75, 3.05) is 13.1 Å². The van der Waals surface area contributed by atoms with Crippen LogP contribution in [0.5, 0.6) is 0 Å². The molecule has 1 aliphatic rings. The molecule has 2 aromatic heterocycles. The molecule has 9 heteroatoms. The van der Waals surface area contributed by atoms with Crippen molar-refractivity contribution in [3.05, 3.63) is 41.9 Å². The van der Waals surface area contributed by atoms with Crippen LogP contribution in [0.4, 0.5) is 13.2 Å². The minimum Gasteiger partial charge on any atom is -0.373 e. The topological polar surface area (TPSA) is 71.2 Å². The predicted octanol–water partition coefficient (Wildman–Crippen LogP) is 2.60. The number of carbonyl (C=O) groups excluding carboxylic acids is 1. The van der Waals surface area contributed by atoms with Crippen molar-refractivity contribution < 1.29 is 23.1 Å². The Morgan fingerprint density at radius 3 is 2.44 bits per heavy atom. The van der Waals surface area contributed by atoms with E-state index in [0.717, 1.165) is 16.2 Å². The predicted molar refractivity (Wildman–Crippen MR) is 91.3 cm³/mol. The average molecular weight is 382 g/mol. The highest BCUT2D eigenvalue weighted by Gasteiger charge is 2.57. The number of aromatic nitrogens is 3. The molecule has 1 saturated heterocycles. The zero-order valence-electron chi connectivity index (χ0n) is 15.1. The summed E-state index contributed by atoms with van der Waals surface area (Å²) in [5.41, 5.74) is -1.44. The van der Waals surface area contributed by atoms with E-state index in [1.807, 2.05) is 25.1 Å². The second-order valence-corrected chi connectivity index (χ2v) is 7.00. The third-order valence-corrected chi connectivity index (χ3v) is 4.95. The van der Waals surface area contributed by atoms with E-state index in [-0.39, 0.29) is 19.0 Å². The van der Waals surface area contributed by atoms with Crippen LogP contribution in [0.3, 0.4) is 0 Å². The summed E-state index contributed by atoms with van der Waals surface area (Å²) in [7, 11) is 0. The van der Waals surface area contributed by atoms with Crippen LogP contribution < -0.4 is 0 Å². The van der Waals surface area contributed by atoms with Crippen LogP contribution in [0.1, 0.15) is 36.9 Å². The van der Waals surface area contributed by atoms with Gasteiger partial charge in [0, 0.05) is 37.1 Å². The van der Waals surface area contributed by atoms with Gasteiger partial charge in [0.25, 0.3) is 5.91 Å². The van der Waals surface area contributed by atoms with Gasteiger partial charge in [-0.15, -0.1) is 0 Å². The van der Waals surface area contributed by atoms with Crippen LogP contribution in [0.25, 0.3) is 5.82 Å². The Morgan fingerprint density at radius 1 is 1.22 bits per heavy atom. The molecule has 0 aliphatic carbocycles. The van der Waals surface area contributed by atoms with Crippen molar-refractivity contribution in [2.45, 2.75) is 44.4 Å². The summed E-state index contributed by atoms with van der Waals surface area (Å²) in [5, 5.41) is 13.9. The Labute approximate surface area is 154 Å². The largest absolute Gasteiger partial charge is 0.426 e. The molecule has 0 unspecified atom stereocenters. The highest BCUT2D eigenvalue weighted by Crippen LogP contribution is 2.34. The number of pyridine rings is 1. The maximum absolute atomic E-state index is 12.9. The Morgan fingerprint density at radius 2 is 1.89 bits per heavy atom. The zero-order valence-corrected chi connectivity index (χ0v) is 15.1. The van der Waals surface area contributed by atoms with Crippen molar-refractivity contribution in [3.63, 3.8) is 0 Å². The number of halogens is 3. The lowest BCUT2D eigenvalue weighted by Gasteiger charge is -2.36. The molecule has 1 aliphatic heterocycles. The summed E-state index contributed by atoms with van der Waals surface area (Å²) < 4.78 is 40.4. The number of carbonyl (C=O) groups is 1. The lowest BCUT2D eigenvalue weighted by atomic mass is 9.92. The molecule has 27 heavy (non-hydrogen) atoms. The molecule has 0 saturated carbocycles. The lowest BCUT2D eigenvalue weighted by Crippen LogP contribution is -2.57. The molecule has 1 amide bonds. The molecular weight excluding hydrogens is 361 g/mol. The number of aliphatic hydroxyl groups is 1. The van der Waals surface area contributed by atoms with Gasteiger partial charge in [0.2, 0.25) is 5.60 Å². The fourth-order valence-electron chi connectivity index (χ4n) is 3.21. The molecule has 3 heterocycles. The highest BCUT2D eigenvalue weighted by atomic mass is 19.4. The average Bonchev–Trinajstić information content (AvgIpc) is 3.10. The van der Waals surface area contributed by atoms with Gasteiger partial charge >= 0.3 is 6.18 Å². The molecule has 0 spiro atoms. The SMILES string of the molecule is Cc1ccc(-n2nccc2C2CCN(C(=O)[C@@](C)(O)C(F)(F)F)CC2)nc1.